The highest BCUT2D eigenvalue weighted by atomic mass is 35.5. The van der Waals surface area contributed by atoms with Crippen molar-refractivity contribution in [1.29, 1.82) is 0 Å². The molecule has 2 heterocycles. The maximum atomic E-state index is 12.9. The van der Waals surface area contributed by atoms with Gasteiger partial charge in [0.1, 0.15) is 0 Å². The molecule has 2 aromatic heterocycles. The fourth-order valence-electron chi connectivity index (χ4n) is 3.03. The van der Waals surface area contributed by atoms with Crippen LogP contribution in [0.25, 0.3) is 22.3 Å². The molecule has 30 heavy (non-hydrogen) atoms. The van der Waals surface area contributed by atoms with Crippen molar-refractivity contribution in [2.45, 2.75) is 20.0 Å². The van der Waals surface area contributed by atoms with E-state index in [0.29, 0.717) is 31.5 Å². The summed E-state index contributed by atoms with van der Waals surface area (Å²) in [5.74, 6) is 0.506. The molecule has 0 unspecified atom stereocenters. The predicted octanol–water partition coefficient (Wildman–Crippen LogP) is 4.13. The number of ether oxygens (including phenoxy) is 2. The van der Waals surface area contributed by atoms with Gasteiger partial charge in [0.15, 0.2) is 16.5 Å². The van der Waals surface area contributed by atoms with Crippen LogP contribution in [0.4, 0.5) is 0 Å². The van der Waals surface area contributed by atoms with Crippen LogP contribution < -0.4 is 19.6 Å². The standard InChI is InChI=1S/C22H19ClN2O4S/c1-12(2)29-18-9-13(8-17(28-3)20(18)26)10-19-21(27)25-11-16(24-22(25)30-19)14-4-6-15(23)7-5-14/h4-12,26H,1-3H3/b19-10-. The number of hydrogen-bond acceptors (Lipinski definition) is 6. The van der Waals surface area contributed by atoms with Gasteiger partial charge in [-0.2, -0.15) is 0 Å². The summed E-state index contributed by atoms with van der Waals surface area (Å²) in [6, 6.07) is 10.6. The number of thiazole rings is 1. The summed E-state index contributed by atoms with van der Waals surface area (Å²) >= 11 is 7.23. The molecule has 0 saturated carbocycles. The summed E-state index contributed by atoms with van der Waals surface area (Å²) in [7, 11) is 1.47. The number of imidazole rings is 1. The lowest BCUT2D eigenvalue weighted by molar-refractivity contribution is 0.228. The zero-order valence-electron chi connectivity index (χ0n) is 16.5. The summed E-state index contributed by atoms with van der Waals surface area (Å²) in [4.78, 5) is 18.1. The van der Waals surface area contributed by atoms with E-state index in [9.17, 15) is 9.90 Å². The van der Waals surface area contributed by atoms with Crippen molar-refractivity contribution >= 4 is 34.0 Å². The van der Waals surface area contributed by atoms with Crippen molar-refractivity contribution in [3.63, 3.8) is 0 Å². The van der Waals surface area contributed by atoms with Gasteiger partial charge in [-0.25, -0.2) is 4.98 Å². The van der Waals surface area contributed by atoms with Crippen LogP contribution >= 0.6 is 22.9 Å². The van der Waals surface area contributed by atoms with Crippen molar-refractivity contribution in [2.75, 3.05) is 7.11 Å². The molecule has 1 N–H and O–H groups in total. The van der Waals surface area contributed by atoms with Gasteiger partial charge in [-0.3, -0.25) is 9.20 Å². The van der Waals surface area contributed by atoms with E-state index in [-0.39, 0.29) is 23.2 Å². The molecule has 154 valence electrons. The molecule has 0 atom stereocenters. The molecule has 0 spiro atoms. The highest BCUT2D eigenvalue weighted by molar-refractivity contribution is 7.15. The number of benzene rings is 2. The third-order valence-electron chi connectivity index (χ3n) is 4.39. The Morgan fingerprint density at radius 1 is 1.20 bits per heavy atom. The van der Waals surface area contributed by atoms with Gasteiger partial charge in [-0.05, 0) is 49.8 Å². The Bertz CT molecular complexity index is 1330. The van der Waals surface area contributed by atoms with Crippen LogP contribution in [0.15, 0.2) is 47.4 Å². The summed E-state index contributed by atoms with van der Waals surface area (Å²) < 4.78 is 13.0. The second-order valence-electron chi connectivity index (χ2n) is 6.94. The first-order chi connectivity index (χ1) is 14.4. The van der Waals surface area contributed by atoms with Gasteiger partial charge in [-0.15, -0.1) is 0 Å². The summed E-state index contributed by atoms with van der Waals surface area (Å²) in [6.07, 6.45) is 3.33. The zero-order valence-corrected chi connectivity index (χ0v) is 18.1. The molecule has 0 radical (unpaired) electrons. The number of fused-ring (bicyclic) bond motifs is 1. The van der Waals surface area contributed by atoms with E-state index < -0.39 is 0 Å². The number of aromatic nitrogens is 2. The number of halogens is 1. The minimum absolute atomic E-state index is 0.0701. The van der Waals surface area contributed by atoms with Gasteiger partial charge >= 0.3 is 0 Å². The van der Waals surface area contributed by atoms with Gasteiger partial charge in [0.05, 0.1) is 23.4 Å². The molecule has 0 amide bonds. The number of nitrogens with zero attached hydrogens (tertiary/aromatic N) is 2. The van der Waals surface area contributed by atoms with E-state index in [1.165, 1.54) is 22.8 Å². The molecule has 6 nitrogen and oxygen atoms in total. The molecule has 0 fully saturated rings. The van der Waals surface area contributed by atoms with Gasteiger partial charge in [-0.1, -0.05) is 35.1 Å². The van der Waals surface area contributed by atoms with Crippen LogP contribution in [0.2, 0.25) is 5.02 Å². The van der Waals surface area contributed by atoms with E-state index in [0.717, 1.165) is 5.56 Å². The number of methoxy groups -OCH3 is 1. The van der Waals surface area contributed by atoms with E-state index in [2.05, 4.69) is 4.98 Å². The predicted molar refractivity (Wildman–Crippen MR) is 119 cm³/mol. The highest BCUT2D eigenvalue weighted by Gasteiger charge is 2.14. The summed E-state index contributed by atoms with van der Waals surface area (Å²) in [5, 5.41) is 10.9. The van der Waals surface area contributed by atoms with Crippen molar-refractivity contribution in [2.24, 2.45) is 0 Å². The minimum atomic E-state index is -0.166. The van der Waals surface area contributed by atoms with E-state index in [1.54, 1.807) is 36.5 Å². The van der Waals surface area contributed by atoms with Crippen LogP contribution in [0.1, 0.15) is 19.4 Å². The first-order valence-electron chi connectivity index (χ1n) is 9.23. The molecule has 0 saturated heterocycles. The Labute approximate surface area is 181 Å². The fourth-order valence-corrected chi connectivity index (χ4v) is 4.11. The molecule has 4 aromatic rings. The van der Waals surface area contributed by atoms with Crippen LogP contribution in [0.5, 0.6) is 17.2 Å². The first-order valence-corrected chi connectivity index (χ1v) is 10.4. The molecule has 0 bridgehead atoms. The second-order valence-corrected chi connectivity index (χ2v) is 8.38. The van der Waals surface area contributed by atoms with Crippen LogP contribution in [0.3, 0.4) is 0 Å². The normalized spacial score (nSPS) is 12.1. The fraction of sp³-hybridized carbons (Fsp3) is 0.182. The number of aromatic hydroxyl groups is 1. The van der Waals surface area contributed by atoms with Crippen molar-refractivity contribution < 1.29 is 14.6 Å². The van der Waals surface area contributed by atoms with Crippen LogP contribution in [0, 0.1) is 0 Å². The largest absolute Gasteiger partial charge is 0.502 e. The molecule has 2 aromatic carbocycles. The lowest BCUT2D eigenvalue weighted by Crippen LogP contribution is -2.22. The smallest absolute Gasteiger partial charge is 0.274 e. The molecular formula is C22H19ClN2O4S. The first kappa shape index (κ1) is 20.3. The highest BCUT2D eigenvalue weighted by Crippen LogP contribution is 2.38. The van der Waals surface area contributed by atoms with Crippen molar-refractivity contribution in [3.05, 3.63) is 68.1 Å². The third kappa shape index (κ3) is 3.86. The number of phenolic OH excluding ortho intramolecular Hbond substituents is 1. The van der Waals surface area contributed by atoms with Crippen molar-refractivity contribution in [1.82, 2.24) is 9.38 Å². The van der Waals surface area contributed by atoms with Gasteiger partial charge in [0.25, 0.3) is 5.56 Å². The van der Waals surface area contributed by atoms with Crippen molar-refractivity contribution in [3.8, 4) is 28.5 Å². The average Bonchev–Trinajstić information content (AvgIpc) is 3.24. The Balaban J connectivity index is 1.78. The summed E-state index contributed by atoms with van der Waals surface area (Å²) in [5.41, 5.74) is 2.11. The minimum Gasteiger partial charge on any atom is -0.502 e. The van der Waals surface area contributed by atoms with E-state index >= 15 is 0 Å². The average molecular weight is 443 g/mol. The number of phenols is 1. The Morgan fingerprint density at radius 2 is 1.90 bits per heavy atom. The maximum Gasteiger partial charge on any atom is 0.274 e. The lowest BCUT2D eigenvalue weighted by atomic mass is 10.1. The topological polar surface area (TPSA) is 73.1 Å². The molecule has 4 rings (SSSR count). The zero-order chi connectivity index (χ0) is 21.4. The Morgan fingerprint density at radius 3 is 2.53 bits per heavy atom. The van der Waals surface area contributed by atoms with Gasteiger partial charge in [0.2, 0.25) is 5.75 Å². The Kier molecular flexibility index (Phi) is 5.40. The van der Waals surface area contributed by atoms with Crippen LogP contribution in [-0.4, -0.2) is 27.7 Å². The molecular weight excluding hydrogens is 424 g/mol. The molecule has 0 aliphatic rings. The number of rotatable bonds is 5. The molecule has 8 heteroatoms. The van der Waals surface area contributed by atoms with E-state index in [1.807, 2.05) is 26.0 Å². The van der Waals surface area contributed by atoms with Gasteiger partial charge in [0, 0.05) is 16.8 Å². The molecule has 0 aliphatic carbocycles. The number of hydrogen-bond donors (Lipinski definition) is 1. The Hall–Kier alpha value is -3.03. The van der Waals surface area contributed by atoms with Crippen LogP contribution in [-0.2, 0) is 0 Å². The SMILES string of the molecule is COc1cc(/C=c2\sc3nc(-c4ccc(Cl)cc4)cn3c2=O)cc(OC(C)C)c1O. The summed E-state index contributed by atoms with van der Waals surface area (Å²) in [6.45, 7) is 3.73. The lowest BCUT2D eigenvalue weighted by Gasteiger charge is -2.14. The monoisotopic (exact) mass is 442 g/mol. The van der Waals surface area contributed by atoms with Gasteiger partial charge < -0.3 is 14.6 Å². The molecule has 0 aliphatic heterocycles. The quantitative estimate of drug-likeness (QED) is 0.503. The third-order valence-corrected chi connectivity index (χ3v) is 5.62. The second kappa shape index (κ2) is 8.01. The van der Waals surface area contributed by atoms with E-state index in [4.69, 9.17) is 21.1 Å². The maximum absolute atomic E-state index is 12.9.